The number of hydrogen-bond acceptors (Lipinski definition) is 4. The molecule has 2 fully saturated rings. The lowest BCUT2D eigenvalue weighted by Crippen LogP contribution is -2.55. The molecule has 1 unspecified atom stereocenters. The summed E-state index contributed by atoms with van der Waals surface area (Å²) in [5, 5.41) is 20.6. The molecule has 4 heteroatoms. The van der Waals surface area contributed by atoms with Gasteiger partial charge in [0, 0.05) is 10.8 Å². The molecular weight excluding hydrogens is 484 g/mol. The standard InChI is InChI=1S/C35H44O4/c1-32-15-5-17-34(3,28(32)13-9-22-7-11-24(36)19-26(22)32)30(38)21-31(39)35(4)18-6-16-33(2)27-20-25(37)12-8-23(27)10-14-29(33)35/h7-8,11-12,19-20,28-29,36-37H,5-6,9-10,13-18,21H2,1-4H3/t28-,29-,32-,33-,34+,35?/m1/s1. The number of aryl methyl sites for hydroxylation is 2. The lowest BCUT2D eigenvalue weighted by atomic mass is 9.47. The van der Waals surface area contributed by atoms with E-state index in [1.165, 1.54) is 22.3 Å². The third-order valence-corrected chi connectivity index (χ3v) is 12.3. The summed E-state index contributed by atoms with van der Waals surface area (Å²) in [6.07, 6.45) is 9.33. The molecule has 0 aliphatic heterocycles. The first-order valence-electron chi connectivity index (χ1n) is 15.1. The van der Waals surface area contributed by atoms with Crippen molar-refractivity contribution in [2.45, 2.75) is 109 Å². The highest BCUT2D eigenvalue weighted by atomic mass is 16.3. The molecule has 4 nitrogen and oxygen atoms in total. The third kappa shape index (κ3) is 3.84. The van der Waals surface area contributed by atoms with E-state index in [1.807, 2.05) is 24.3 Å². The van der Waals surface area contributed by atoms with Gasteiger partial charge in [-0.2, -0.15) is 0 Å². The van der Waals surface area contributed by atoms with Crippen LogP contribution in [-0.4, -0.2) is 21.8 Å². The molecule has 2 aromatic rings. The maximum Gasteiger partial charge on any atom is 0.146 e. The Morgan fingerprint density at radius 3 is 1.51 bits per heavy atom. The molecule has 0 saturated heterocycles. The number of carbonyl (C=O) groups excluding carboxylic acids is 2. The molecule has 2 N–H and O–H groups in total. The van der Waals surface area contributed by atoms with Gasteiger partial charge in [-0.05, 0) is 121 Å². The van der Waals surface area contributed by atoms with Crippen LogP contribution in [0.15, 0.2) is 36.4 Å². The van der Waals surface area contributed by atoms with Crippen LogP contribution in [0.1, 0.15) is 108 Å². The Bertz CT molecular complexity index is 1240. The fourth-order valence-electron chi connectivity index (χ4n) is 10.1. The fourth-order valence-corrected chi connectivity index (χ4v) is 10.1. The molecule has 4 aliphatic carbocycles. The predicted octanol–water partition coefficient (Wildman–Crippen LogP) is 7.35. The molecular formula is C35H44O4. The highest BCUT2D eigenvalue weighted by Crippen LogP contribution is 2.60. The second-order valence-corrected chi connectivity index (χ2v) is 14.3. The average Bonchev–Trinajstić information content (AvgIpc) is 2.89. The van der Waals surface area contributed by atoms with Crippen molar-refractivity contribution < 1.29 is 19.8 Å². The summed E-state index contributed by atoms with van der Waals surface area (Å²) in [6.45, 7) is 8.83. The Morgan fingerprint density at radius 1 is 0.692 bits per heavy atom. The van der Waals surface area contributed by atoms with E-state index >= 15 is 0 Å². The van der Waals surface area contributed by atoms with E-state index in [4.69, 9.17) is 0 Å². The van der Waals surface area contributed by atoms with Gasteiger partial charge < -0.3 is 10.2 Å². The van der Waals surface area contributed by atoms with Crippen LogP contribution in [0.5, 0.6) is 11.5 Å². The van der Waals surface area contributed by atoms with Crippen molar-refractivity contribution >= 4 is 11.6 Å². The van der Waals surface area contributed by atoms with Crippen molar-refractivity contribution in [3.63, 3.8) is 0 Å². The first-order chi connectivity index (χ1) is 18.4. The second-order valence-electron chi connectivity index (χ2n) is 14.3. The second kappa shape index (κ2) is 8.94. The summed E-state index contributed by atoms with van der Waals surface area (Å²) < 4.78 is 0. The average molecular weight is 529 g/mol. The summed E-state index contributed by atoms with van der Waals surface area (Å²) >= 11 is 0. The van der Waals surface area contributed by atoms with Crippen molar-refractivity contribution in [3.8, 4) is 11.5 Å². The van der Waals surface area contributed by atoms with Crippen LogP contribution in [0.4, 0.5) is 0 Å². The Balaban J connectivity index is 1.28. The maximum atomic E-state index is 14.3. The summed E-state index contributed by atoms with van der Waals surface area (Å²) in [5.74, 6) is 1.16. The van der Waals surface area contributed by atoms with Gasteiger partial charge in [0.15, 0.2) is 0 Å². The molecule has 0 heterocycles. The van der Waals surface area contributed by atoms with Gasteiger partial charge in [-0.3, -0.25) is 9.59 Å². The Labute approximate surface area is 233 Å². The number of phenols is 2. The molecule has 0 bridgehead atoms. The van der Waals surface area contributed by atoms with Gasteiger partial charge in [-0.25, -0.2) is 0 Å². The van der Waals surface area contributed by atoms with Gasteiger partial charge in [0.05, 0.1) is 6.42 Å². The Morgan fingerprint density at radius 2 is 1.10 bits per heavy atom. The lowest BCUT2D eigenvalue weighted by molar-refractivity contribution is -0.146. The van der Waals surface area contributed by atoms with Crippen LogP contribution < -0.4 is 0 Å². The number of benzene rings is 2. The molecule has 0 radical (unpaired) electrons. The van der Waals surface area contributed by atoms with Crippen molar-refractivity contribution in [2.24, 2.45) is 22.7 Å². The molecule has 0 amide bonds. The topological polar surface area (TPSA) is 74.6 Å². The molecule has 0 spiro atoms. The van der Waals surface area contributed by atoms with Crippen LogP contribution >= 0.6 is 0 Å². The number of ketones is 2. The first kappa shape index (κ1) is 26.6. The van der Waals surface area contributed by atoms with E-state index in [0.29, 0.717) is 11.5 Å². The van der Waals surface area contributed by atoms with Gasteiger partial charge in [0.2, 0.25) is 0 Å². The van der Waals surface area contributed by atoms with Crippen molar-refractivity contribution in [1.82, 2.24) is 0 Å². The minimum Gasteiger partial charge on any atom is -0.508 e. The summed E-state index contributed by atoms with van der Waals surface area (Å²) in [6, 6.07) is 11.5. The molecule has 2 aromatic carbocycles. The van der Waals surface area contributed by atoms with Crippen molar-refractivity contribution in [2.75, 3.05) is 0 Å². The highest BCUT2D eigenvalue weighted by Gasteiger charge is 2.58. The maximum absolute atomic E-state index is 14.3. The van der Waals surface area contributed by atoms with Crippen LogP contribution in [-0.2, 0) is 33.3 Å². The summed E-state index contributed by atoms with van der Waals surface area (Å²) in [7, 11) is 0. The molecule has 4 aliphatic rings. The van der Waals surface area contributed by atoms with Crippen LogP contribution in [0, 0.1) is 22.7 Å². The van der Waals surface area contributed by atoms with Gasteiger partial charge in [-0.1, -0.05) is 52.7 Å². The van der Waals surface area contributed by atoms with Crippen LogP contribution in [0.25, 0.3) is 0 Å². The number of aromatic hydroxyl groups is 2. The molecule has 39 heavy (non-hydrogen) atoms. The zero-order valence-corrected chi connectivity index (χ0v) is 24.1. The minimum atomic E-state index is -0.537. The Hall–Kier alpha value is -2.62. The minimum absolute atomic E-state index is 0.0198. The number of fused-ring (bicyclic) bond motifs is 6. The molecule has 6 rings (SSSR count). The third-order valence-electron chi connectivity index (χ3n) is 12.3. The van der Waals surface area contributed by atoms with E-state index in [1.54, 1.807) is 12.1 Å². The molecule has 208 valence electrons. The Kier molecular flexibility index (Phi) is 6.10. The van der Waals surface area contributed by atoms with Crippen LogP contribution in [0.2, 0.25) is 0 Å². The normalized spacial score (nSPS) is 37.1. The highest BCUT2D eigenvalue weighted by molar-refractivity contribution is 6.04. The molecule has 6 atom stereocenters. The first-order valence-corrected chi connectivity index (χ1v) is 15.1. The summed E-state index contributed by atoms with van der Waals surface area (Å²) in [4.78, 5) is 28.5. The van der Waals surface area contributed by atoms with Gasteiger partial charge in [0.1, 0.15) is 23.1 Å². The van der Waals surface area contributed by atoms with E-state index in [9.17, 15) is 19.8 Å². The molecule has 2 saturated carbocycles. The van der Waals surface area contributed by atoms with E-state index in [0.717, 1.165) is 64.2 Å². The monoisotopic (exact) mass is 528 g/mol. The summed E-state index contributed by atoms with van der Waals surface area (Å²) in [5.41, 5.74) is 3.57. The predicted molar refractivity (Wildman–Crippen MR) is 153 cm³/mol. The number of Topliss-reactive ketones (excluding diaryl/α,β-unsaturated/α-hetero) is 2. The smallest absolute Gasteiger partial charge is 0.146 e. The quantitative estimate of drug-likeness (QED) is 0.407. The largest absolute Gasteiger partial charge is 0.508 e. The van der Waals surface area contributed by atoms with Gasteiger partial charge in [-0.15, -0.1) is 0 Å². The lowest BCUT2D eigenvalue weighted by Gasteiger charge is -2.56. The zero-order valence-electron chi connectivity index (χ0n) is 24.1. The van der Waals surface area contributed by atoms with Gasteiger partial charge >= 0.3 is 0 Å². The molecule has 0 aromatic heterocycles. The zero-order chi connectivity index (χ0) is 27.8. The van der Waals surface area contributed by atoms with Gasteiger partial charge in [0.25, 0.3) is 0 Å². The SMILES string of the molecule is CC1(C(=O)CC(=O)[C@@]2(C)CCC[C@]3(C)c4cc(O)ccc4CC[C@@H]23)CCC[C@]2(C)c3cc(O)ccc3CC[C@@H]12. The van der Waals surface area contributed by atoms with E-state index in [-0.39, 0.29) is 40.7 Å². The van der Waals surface area contributed by atoms with Crippen molar-refractivity contribution in [1.29, 1.82) is 0 Å². The fraction of sp³-hybridized carbons (Fsp3) is 0.600. The number of hydrogen-bond donors (Lipinski definition) is 2. The van der Waals surface area contributed by atoms with E-state index < -0.39 is 10.8 Å². The van der Waals surface area contributed by atoms with Crippen LogP contribution in [0.3, 0.4) is 0 Å². The van der Waals surface area contributed by atoms with E-state index in [2.05, 4.69) is 27.7 Å². The number of carbonyl (C=O) groups is 2. The number of phenolic OH excluding ortho intramolecular Hbond substituents is 2. The van der Waals surface area contributed by atoms with Crippen molar-refractivity contribution in [3.05, 3.63) is 58.7 Å². The number of rotatable bonds is 4.